The predicted octanol–water partition coefficient (Wildman–Crippen LogP) is 1.92. The molecule has 3 heteroatoms. The number of hydrogen-bond acceptors (Lipinski definition) is 2. The highest BCUT2D eigenvalue weighted by Gasteiger charge is 2.51. The zero-order valence-corrected chi connectivity index (χ0v) is 9.41. The van der Waals surface area contributed by atoms with E-state index in [0.29, 0.717) is 12.8 Å². The fourth-order valence-electron chi connectivity index (χ4n) is 2.24. The third-order valence-electron chi connectivity index (χ3n) is 3.11. The lowest BCUT2D eigenvalue weighted by molar-refractivity contribution is -0.145. The third kappa shape index (κ3) is 1.47. The van der Waals surface area contributed by atoms with Crippen LogP contribution in [0.1, 0.15) is 16.7 Å². The lowest BCUT2D eigenvalue weighted by Gasteiger charge is -2.11. The van der Waals surface area contributed by atoms with E-state index in [2.05, 4.69) is 4.85 Å². The van der Waals surface area contributed by atoms with Crippen molar-refractivity contribution in [2.45, 2.75) is 25.3 Å². The van der Waals surface area contributed by atoms with Gasteiger partial charge in [-0.15, -0.1) is 0 Å². The fourth-order valence-corrected chi connectivity index (χ4v) is 2.24. The van der Waals surface area contributed by atoms with E-state index < -0.39 is 11.5 Å². The number of nitrogens with zero attached hydrogens (tertiary/aromatic N) is 1. The second-order valence-corrected chi connectivity index (χ2v) is 4.26. The summed E-state index contributed by atoms with van der Waals surface area (Å²) in [6.07, 6.45) is 0.943. The molecule has 82 valence electrons. The van der Waals surface area contributed by atoms with Crippen LogP contribution in [-0.2, 0) is 22.4 Å². The summed E-state index contributed by atoms with van der Waals surface area (Å²) in [7, 11) is 1.34. The van der Waals surface area contributed by atoms with E-state index in [1.165, 1.54) is 7.11 Å². The van der Waals surface area contributed by atoms with Crippen LogP contribution in [0.25, 0.3) is 4.85 Å². The Bertz CT molecular complexity index is 487. The number of methoxy groups -OCH3 is 1. The summed E-state index contributed by atoms with van der Waals surface area (Å²) in [6.45, 7) is 9.25. The molecule has 3 nitrogen and oxygen atoms in total. The van der Waals surface area contributed by atoms with Crippen molar-refractivity contribution in [2.75, 3.05) is 7.11 Å². The van der Waals surface area contributed by atoms with Gasteiger partial charge >= 0.3 is 11.5 Å². The molecule has 0 N–H and O–H groups in total. The Labute approximate surface area is 94.9 Å². The second-order valence-electron chi connectivity index (χ2n) is 4.26. The van der Waals surface area contributed by atoms with Crippen molar-refractivity contribution >= 4 is 5.97 Å². The smallest absolute Gasteiger partial charge is 0.393 e. The standard InChI is InChI=1S/C13H13NO2/c1-9-4-5-10-7-13(14-2,12(15)16-3)8-11(10)6-9/h4-6H,7-8H2,1,3H3. The summed E-state index contributed by atoms with van der Waals surface area (Å²) < 4.78 is 4.74. The molecular weight excluding hydrogens is 202 g/mol. The zero-order chi connectivity index (χ0) is 11.8. The second kappa shape index (κ2) is 3.64. The highest BCUT2D eigenvalue weighted by atomic mass is 16.5. The molecule has 0 bridgehead atoms. The Hall–Kier alpha value is -1.82. The van der Waals surface area contributed by atoms with E-state index in [-0.39, 0.29) is 0 Å². The van der Waals surface area contributed by atoms with Crippen molar-refractivity contribution in [1.29, 1.82) is 0 Å². The van der Waals surface area contributed by atoms with E-state index in [4.69, 9.17) is 11.3 Å². The van der Waals surface area contributed by atoms with Crippen LogP contribution < -0.4 is 0 Å². The first kappa shape index (κ1) is 10.7. The van der Waals surface area contributed by atoms with Crippen molar-refractivity contribution in [3.05, 3.63) is 46.3 Å². The molecule has 1 aromatic carbocycles. The topological polar surface area (TPSA) is 30.7 Å². The average molecular weight is 215 g/mol. The fraction of sp³-hybridized carbons (Fsp3) is 0.385. The molecule has 0 saturated heterocycles. The monoisotopic (exact) mass is 215 g/mol. The number of fused-ring (bicyclic) bond motifs is 1. The lowest BCUT2D eigenvalue weighted by atomic mass is 9.97. The van der Waals surface area contributed by atoms with Gasteiger partial charge in [-0.25, -0.2) is 11.4 Å². The zero-order valence-electron chi connectivity index (χ0n) is 9.41. The van der Waals surface area contributed by atoms with Crippen LogP contribution in [0.15, 0.2) is 18.2 Å². The van der Waals surface area contributed by atoms with Crippen molar-refractivity contribution in [1.82, 2.24) is 0 Å². The van der Waals surface area contributed by atoms with Gasteiger partial charge < -0.3 is 4.74 Å². The highest BCUT2D eigenvalue weighted by molar-refractivity contribution is 5.85. The molecule has 0 heterocycles. The van der Waals surface area contributed by atoms with Crippen molar-refractivity contribution in [3.8, 4) is 0 Å². The van der Waals surface area contributed by atoms with Gasteiger partial charge in [-0.05, 0) is 18.1 Å². The maximum atomic E-state index is 11.7. The Morgan fingerprint density at radius 3 is 2.75 bits per heavy atom. The average Bonchev–Trinajstić information content (AvgIpc) is 2.67. The maximum Gasteiger partial charge on any atom is 0.393 e. The minimum absolute atomic E-state index is 0.420. The molecule has 1 aromatic rings. The van der Waals surface area contributed by atoms with Crippen molar-refractivity contribution in [2.24, 2.45) is 0 Å². The molecule has 0 spiro atoms. The SMILES string of the molecule is [C-]#[N+]C1(C(=O)OC)Cc2ccc(C)cc2C1. The van der Waals surface area contributed by atoms with Crippen LogP contribution >= 0.6 is 0 Å². The molecule has 1 unspecified atom stereocenters. The Morgan fingerprint density at radius 1 is 1.44 bits per heavy atom. The van der Waals surface area contributed by atoms with E-state index in [9.17, 15) is 4.79 Å². The van der Waals surface area contributed by atoms with E-state index in [1.54, 1.807) is 0 Å². The molecule has 2 rings (SSSR count). The van der Waals surface area contributed by atoms with Gasteiger partial charge in [-0.2, -0.15) is 0 Å². The predicted molar refractivity (Wildman–Crippen MR) is 59.9 cm³/mol. The number of hydrogen-bond donors (Lipinski definition) is 0. The maximum absolute atomic E-state index is 11.7. The lowest BCUT2D eigenvalue weighted by Crippen LogP contribution is -2.37. The number of benzene rings is 1. The molecule has 1 atom stereocenters. The van der Waals surface area contributed by atoms with Gasteiger partial charge in [0.1, 0.15) is 0 Å². The summed E-state index contributed by atoms with van der Waals surface area (Å²) in [5, 5.41) is 0. The molecule has 0 amide bonds. The quantitative estimate of drug-likeness (QED) is 0.529. The van der Waals surface area contributed by atoms with E-state index in [1.807, 2.05) is 25.1 Å². The van der Waals surface area contributed by atoms with Crippen LogP contribution in [0.4, 0.5) is 0 Å². The Kier molecular flexibility index (Phi) is 2.43. The number of rotatable bonds is 1. The summed E-state index contributed by atoms with van der Waals surface area (Å²) in [5.41, 5.74) is 2.32. The van der Waals surface area contributed by atoms with E-state index in [0.717, 1.165) is 16.7 Å². The molecule has 1 aliphatic carbocycles. The van der Waals surface area contributed by atoms with E-state index >= 15 is 0 Å². The van der Waals surface area contributed by atoms with Crippen LogP contribution in [0.2, 0.25) is 0 Å². The third-order valence-corrected chi connectivity index (χ3v) is 3.11. The van der Waals surface area contributed by atoms with Gasteiger partial charge in [0.2, 0.25) is 0 Å². The molecule has 0 fully saturated rings. The first-order valence-corrected chi connectivity index (χ1v) is 5.17. The van der Waals surface area contributed by atoms with Gasteiger partial charge in [0.05, 0.1) is 20.0 Å². The molecule has 0 aromatic heterocycles. The van der Waals surface area contributed by atoms with Gasteiger partial charge in [-0.1, -0.05) is 23.8 Å². The summed E-state index contributed by atoms with van der Waals surface area (Å²) in [6, 6.07) is 6.06. The Morgan fingerprint density at radius 2 is 2.12 bits per heavy atom. The highest BCUT2D eigenvalue weighted by Crippen LogP contribution is 2.34. The molecule has 0 radical (unpaired) electrons. The van der Waals surface area contributed by atoms with Crippen molar-refractivity contribution < 1.29 is 9.53 Å². The number of carbonyl (C=O) groups is 1. The molecule has 1 aliphatic rings. The molecule has 0 aliphatic heterocycles. The van der Waals surface area contributed by atoms with Crippen molar-refractivity contribution in [3.63, 3.8) is 0 Å². The van der Waals surface area contributed by atoms with Crippen LogP contribution in [0, 0.1) is 13.5 Å². The summed E-state index contributed by atoms with van der Waals surface area (Å²) in [5.74, 6) is -0.420. The first-order valence-electron chi connectivity index (χ1n) is 5.17. The summed E-state index contributed by atoms with van der Waals surface area (Å²) in [4.78, 5) is 15.2. The minimum atomic E-state index is -1.02. The van der Waals surface area contributed by atoms with Crippen LogP contribution in [0.3, 0.4) is 0 Å². The van der Waals surface area contributed by atoms with Gasteiger partial charge in [0.25, 0.3) is 0 Å². The van der Waals surface area contributed by atoms with Gasteiger partial charge in [-0.3, -0.25) is 4.85 Å². The minimum Gasteiger partial charge on any atom is -0.463 e. The first-order chi connectivity index (χ1) is 7.61. The molecule has 0 saturated carbocycles. The number of ether oxygens (including phenoxy) is 1. The number of esters is 1. The normalized spacial score (nSPS) is 22.3. The largest absolute Gasteiger partial charge is 0.463 e. The molecule has 16 heavy (non-hydrogen) atoms. The van der Waals surface area contributed by atoms with Crippen LogP contribution in [0.5, 0.6) is 0 Å². The van der Waals surface area contributed by atoms with Gasteiger partial charge in [0, 0.05) is 0 Å². The molecular formula is C13H13NO2. The number of aryl methyl sites for hydroxylation is 1. The van der Waals surface area contributed by atoms with Crippen LogP contribution in [-0.4, -0.2) is 18.6 Å². The Balaban J connectivity index is 2.40. The number of carbonyl (C=O) groups excluding carboxylic acids is 1. The van der Waals surface area contributed by atoms with Gasteiger partial charge in [0.15, 0.2) is 0 Å². The summed E-state index contributed by atoms with van der Waals surface area (Å²) >= 11 is 0.